The fourth-order valence-electron chi connectivity index (χ4n) is 4.60. The lowest BCUT2D eigenvalue weighted by atomic mass is 9.82. The number of primary sulfonamides is 1. The molecule has 4 rings (SSSR count). The third-order valence-electron chi connectivity index (χ3n) is 7.78. The third kappa shape index (κ3) is 8.68. The van der Waals surface area contributed by atoms with Crippen LogP contribution in [0.25, 0.3) is 0 Å². The van der Waals surface area contributed by atoms with Crippen molar-refractivity contribution in [1.29, 1.82) is 0 Å². The second-order valence-electron chi connectivity index (χ2n) is 11.6. The van der Waals surface area contributed by atoms with Crippen LogP contribution in [0.5, 0.6) is 11.5 Å². The summed E-state index contributed by atoms with van der Waals surface area (Å²) in [5, 5.41) is 7.69. The number of urea groups is 1. The zero-order valence-corrected chi connectivity index (χ0v) is 27.1. The topological polar surface area (TPSA) is 102 Å². The molecule has 7 nitrogen and oxygen atoms in total. The maximum Gasteiger partial charge on any atom is 0.416 e. The van der Waals surface area contributed by atoms with Crippen molar-refractivity contribution in [2.45, 2.75) is 56.0 Å². The van der Waals surface area contributed by atoms with E-state index in [4.69, 9.17) is 9.88 Å². The summed E-state index contributed by atoms with van der Waals surface area (Å²) in [4.78, 5) is 13.7. The average Bonchev–Trinajstić information content (AvgIpc) is 3.00. The number of benzene rings is 4. The van der Waals surface area contributed by atoms with Crippen LogP contribution in [0.15, 0.2) is 89.8 Å². The van der Waals surface area contributed by atoms with Crippen molar-refractivity contribution in [1.82, 2.24) is 0 Å². The van der Waals surface area contributed by atoms with Crippen LogP contribution in [0, 0.1) is 0 Å². The summed E-state index contributed by atoms with van der Waals surface area (Å²) < 4.78 is 153. The van der Waals surface area contributed by atoms with Gasteiger partial charge in [-0.3, -0.25) is 4.90 Å². The molecule has 0 aliphatic rings. The second kappa shape index (κ2) is 13.5. The highest BCUT2D eigenvalue weighted by Crippen LogP contribution is 2.44. The lowest BCUT2D eigenvalue weighted by molar-refractivity contribution is -0.138. The first-order valence-electron chi connectivity index (χ1n) is 14.4. The second-order valence-corrected chi connectivity index (χ2v) is 13.1. The van der Waals surface area contributed by atoms with Gasteiger partial charge in [-0.25, -0.2) is 18.4 Å². The summed E-state index contributed by atoms with van der Waals surface area (Å²) >= 11 is 0. The van der Waals surface area contributed by atoms with Gasteiger partial charge in [-0.1, -0.05) is 26.8 Å². The number of ether oxygens (including phenoxy) is 1. The first kappa shape index (κ1) is 38.0. The molecule has 50 heavy (non-hydrogen) atoms. The van der Waals surface area contributed by atoms with E-state index in [1.807, 2.05) is 20.8 Å². The van der Waals surface area contributed by atoms with Gasteiger partial charge in [0.2, 0.25) is 10.0 Å². The van der Waals surface area contributed by atoms with E-state index in [9.17, 15) is 52.7 Å². The Morgan fingerprint density at radius 2 is 1.16 bits per heavy atom. The molecule has 0 saturated carbocycles. The average molecular weight is 734 g/mol. The van der Waals surface area contributed by atoms with Crippen molar-refractivity contribution < 1.29 is 57.5 Å². The van der Waals surface area contributed by atoms with E-state index in [1.165, 1.54) is 18.2 Å². The van der Waals surface area contributed by atoms with Gasteiger partial charge in [-0.15, -0.1) is 0 Å². The number of hydrogen-bond acceptors (Lipinski definition) is 4. The highest BCUT2D eigenvalue weighted by atomic mass is 32.2. The Hall–Kier alpha value is -4.77. The number of alkyl halides is 9. The van der Waals surface area contributed by atoms with Crippen molar-refractivity contribution >= 4 is 33.1 Å². The van der Waals surface area contributed by atoms with Gasteiger partial charge in [0.05, 0.1) is 28.1 Å². The molecule has 3 N–H and O–H groups in total. The van der Waals surface area contributed by atoms with Gasteiger partial charge in [0.15, 0.2) is 5.75 Å². The Morgan fingerprint density at radius 3 is 1.64 bits per heavy atom. The first-order chi connectivity index (χ1) is 22.9. The van der Waals surface area contributed by atoms with Gasteiger partial charge < -0.3 is 10.1 Å². The van der Waals surface area contributed by atoms with Crippen molar-refractivity contribution in [2.24, 2.45) is 5.14 Å². The van der Waals surface area contributed by atoms with E-state index in [0.717, 1.165) is 30.3 Å². The first-order valence-corrected chi connectivity index (χ1v) is 16.0. The molecule has 4 aromatic carbocycles. The number of sulfonamides is 1. The summed E-state index contributed by atoms with van der Waals surface area (Å²) in [5.74, 6) is -1.03. The molecule has 0 saturated heterocycles. The standard InChI is InChI=1S/C33H28F9N3O4S/c1-4-30(2,3)21-9-16-27(28(18-21)50(43,47)48)49-26-15-10-22(33(40,41)42)17-25(26)45(24-13-7-20(8-14-24)32(37,38)39)29(46)44-23-11-5-19(6-12-23)31(34,35)36/h5-18H,4H2,1-3H3,(H,44,46)(H2,43,47,48). The fourth-order valence-corrected chi connectivity index (χ4v) is 5.28. The van der Waals surface area contributed by atoms with Crippen molar-refractivity contribution in [3.05, 3.63) is 107 Å². The molecule has 0 bridgehead atoms. The lowest BCUT2D eigenvalue weighted by Gasteiger charge is -2.27. The van der Waals surface area contributed by atoms with Crippen molar-refractivity contribution in [3.8, 4) is 11.5 Å². The zero-order chi connectivity index (χ0) is 37.4. The Kier molecular flexibility index (Phi) is 10.3. The van der Waals surface area contributed by atoms with Crippen LogP contribution >= 0.6 is 0 Å². The van der Waals surface area contributed by atoms with E-state index >= 15 is 0 Å². The minimum Gasteiger partial charge on any atom is -0.454 e. The number of nitrogens with two attached hydrogens (primary N) is 1. The Labute approximate surface area is 280 Å². The molecule has 0 aliphatic heterocycles. The molecule has 268 valence electrons. The summed E-state index contributed by atoms with van der Waals surface area (Å²) in [7, 11) is -4.54. The molecule has 0 unspecified atom stereocenters. The molecule has 0 aromatic heterocycles. The smallest absolute Gasteiger partial charge is 0.416 e. The molecule has 0 atom stereocenters. The predicted octanol–water partition coefficient (Wildman–Crippen LogP) is 10.2. The number of nitrogens with one attached hydrogen (secondary N) is 1. The SMILES string of the molecule is CCC(C)(C)c1ccc(Oc2ccc(C(F)(F)F)cc2N(C(=O)Nc2ccc(C(F)(F)F)cc2)c2ccc(C(F)(F)F)cc2)c(S(N)(=O)=O)c1. The molecule has 0 aliphatic carbocycles. The van der Waals surface area contributed by atoms with Gasteiger partial charge in [0.1, 0.15) is 10.6 Å². The van der Waals surface area contributed by atoms with Crippen molar-refractivity contribution in [3.63, 3.8) is 0 Å². The molecule has 17 heteroatoms. The van der Waals surface area contributed by atoms with Crippen LogP contribution < -0.4 is 20.1 Å². The molecule has 2 amide bonds. The number of amides is 2. The number of anilines is 3. The number of halogens is 9. The van der Waals surface area contributed by atoms with Crippen molar-refractivity contribution in [2.75, 3.05) is 10.2 Å². The number of carbonyl (C=O) groups excluding carboxylic acids is 1. The van der Waals surface area contributed by atoms with E-state index in [-0.39, 0.29) is 5.69 Å². The number of carbonyl (C=O) groups is 1. The third-order valence-corrected chi connectivity index (χ3v) is 8.71. The highest BCUT2D eigenvalue weighted by Gasteiger charge is 2.35. The normalized spacial score (nSPS) is 12.8. The molecule has 0 heterocycles. The lowest BCUT2D eigenvalue weighted by Crippen LogP contribution is -2.31. The van der Waals surface area contributed by atoms with E-state index in [1.54, 1.807) is 0 Å². The number of hydrogen-bond donors (Lipinski definition) is 2. The summed E-state index contributed by atoms with van der Waals surface area (Å²) in [6.45, 7) is 5.49. The molecule has 0 spiro atoms. The minimum atomic E-state index is -5.03. The summed E-state index contributed by atoms with van der Waals surface area (Å²) in [6, 6.07) is 9.95. The predicted molar refractivity (Wildman–Crippen MR) is 167 cm³/mol. The van der Waals surface area contributed by atoms with Crippen LogP contribution in [0.2, 0.25) is 0 Å². The largest absolute Gasteiger partial charge is 0.454 e. The van der Waals surface area contributed by atoms with E-state index in [0.29, 0.717) is 53.3 Å². The zero-order valence-electron chi connectivity index (χ0n) is 26.3. The molecule has 0 fully saturated rings. The number of rotatable bonds is 8. The van der Waals surface area contributed by atoms with Crippen LogP contribution in [-0.2, 0) is 34.0 Å². The van der Waals surface area contributed by atoms with Gasteiger partial charge >= 0.3 is 24.6 Å². The fraction of sp³-hybridized carbons (Fsp3) is 0.242. The van der Waals surface area contributed by atoms with Gasteiger partial charge in [-0.2, -0.15) is 39.5 Å². The maximum atomic E-state index is 14.0. The molecule has 0 radical (unpaired) electrons. The van der Waals surface area contributed by atoms with Gasteiger partial charge in [0, 0.05) is 5.69 Å². The quantitative estimate of drug-likeness (QED) is 0.176. The van der Waals surface area contributed by atoms with Gasteiger partial charge in [0.25, 0.3) is 0 Å². The van der Waals surface area contributed by atoms with Crippen LogP contribution in [0.1, 0.15) is 49.4 Å². The number of nitrogens with zero attached hydrogens (tertiary/aromatic N) is 1. The Morgan fingerprint density at radius 1 is 0.700 bits per heavy atom. The van der Waals surface area contributed by atoms with Crippen LogP contribution in [-0.4, -0.2) is 14.4 Å². The Bertz CT molecular complexity index is 1970. The van der Waals surface area contributed by atoms with Crippen LogP contribution in [0.3, 0.4) is 0 Å². The highest BCUT2D eigenvalue weighted by molar-refractivity contribution is 7.89. The van der Waals surface area contributed by atoms with Crippen LogP contribution in [0.4, 0.5) is 61.4 Å². The summed E-state index contributed by atoms with van der Waals surface area (Å²) in [5.41, 5.74) is -5.05. The minimum absolute atomic E-state index is 0.264. The van der Waals surface area contributed by atoms with E-state index < -0.39 is 84.5 Å². The Balaban J connectivity index is 1.93. The monoisotopic (exact) mass is 733 g/mol. The maximum absolute atomic E-state index is 14.0. The molecular formula is C33H28F9N3O4S. The van der Waals surface area contributed by atoms with Gasteiger partial charge in [-0.05, 0) is 96.3 Å². The van der Waals surface area contributed by atoms with E-state index in [2.05, 4.69) is 5.32 Å². The molecular weight excluding hydrogens is 705 g/mol. The molecule has 4 aromatic rings. The summed E-state index contributed by atoms with van der Waals surface area (Å²) in [6.07, 6.45) is -14.0.